The molecule has 3 rings (SSSR count). The number of aryl methyl sites for hydroxylation is 1. The van der Waals surface area contributed by atoms with Crippen molar-refractivity contribution in [2.75, 3.05) is 31.1 Å². The zero-order valence-electron chi connectivity index (χ0n) is 12.9. The fourth-order valence-corrected chi connectivity index (χ4v) is 3.51. The van der Waals surface area contributed by atoms with Crippen LogP contribution < -0.4 is 4.90 Å². The number of thiazole rings is 1. The minimum Gasteiger partial charge on any atom is -0.352 e. The van der Waals surface area contributed by atoms with Crippen LogP contribution in [-0.4, -0.2) is 46.0 Å². The van der Waals surface area contributed by atoms with Crippen molar-refractivity contribution in [2.24, 2.45) is 0 Å². The third-order valence-electron chi connectivity index (χ3n) is 4.15. The minimum absolute atomic E-state index is 0.272. The van der Waals surface area contributed by atoms with E-state index in [-0.39, 0.29) is 5.82 Å². The van der Waals surface area contributed by atoms with E-state index in [4.69, 9.17) is 0 Å². The van der Waals surface area contributed by atoms with E-state index in [9.17, 15) is 4.39 Å². The topological polar surface area (TPSA) is 45.2 Å². The monoisotopic (exact) mass is 321 g/mol. The van der Waals surface area contributed by atoms with Gasteiger partial charge in [-0.2, -0.15) is 0 Å². The van der Waals surface area contributed by atoms with Crippen LogP contribution in [0.1, 0.15) is 30.6 Å². The molecule has 0 N–H and O–H groups in total. The average molecular weight is 321 g/mol. The molecule has 7 heteroatoms. The molecule has 1 saturated heterocycles. The van der Waals surface area contributed by atoms with Crippen LogP contribution in [0.25, 0.3) is 0 Å². The van der Waals surface area contributed by atoms with Gasteiger partial charge < -0.3 is 4.90 Å². The van der Waals surface area contributed by atoms with Crippen molar-refractivity contribution < 1.29 is 4.39 Å². The number of rotatable bonds is 4. The minimum atomic E-state index is -0.272. The number of halogens is 1. The second kappa shape index (κ2) is 6.66. The smallest absolute Gasteiger partial charge is 0.187 e. The first kappa shape index (κ1) is 15.3. The largest absolute Gasteiger partial charge is 0.352 e. The van der Waals surface area contributed by atoms with Gasteiger partial charge in [0.25, 0.3) is 0 Å². The van der Waals surface area contributed by atoms with Crippen LogP contribution >= 0.6 is 11.3 Å². The highest BCUT2D eigenvalue weighted by molar-refractivity contribution is 7.09. The van der Waals surface area contributed by atoms with Crippen LogP contribution in [0.15, 0.2) is 17.9 Å². The lowest BCUT2D eigenvalue weighted by Crippen LogP contribution is -2.47. The Morgan fingerprint density at radius 1 is 1.23 bits per heavy atom. The summed E-state index contributed by atoms with van der Waals surface area (Å²) in [4.78, 5) is 16.9. The highest BCUT2D eigenvalue weighted by Gasteiger charge is 2.26. The van der Waals surface area contributed by atoms with E-state index in [1.807, 2.05) is 23.4 Å². The van der Waals surface area contributed by atoms with E-state index in [1.165, 1.54) is 6.33 Å². The summed E-state index contributed by atoms with van der Waals surface area (Å²) in [6.07, 6.45) is 3.89. The van der Waals surface area contributed by atoms with Gasteiger partial charge in [0, 0.05) is 37.8 Å². The molecule has 0 bridgehead atoms. The third kappa shape index (κ3) is 2.96. The SMILES string of the molecule is CCc1ncnc(N2CCN(C(C)c3nccs3)CC2)c1F. The Morgan fingerprint density at radius 2 is 2.00 bits per heavy atom. The molecule has 118 valence electrons. The predicted octanol–water partition coefficient (Wildman–Crippen LogP) is 2.52. The van der Waals surface area contributed by atoms with Crippen molar-refractivity contribution in [3.05, 3.63) is 34.4 Å². The average Bonchev–Trinajstić information content (AvgIpc) is 3.09. The zero-order chi connectivity index (χ0) is 15.5. The maximum absolute atomic E-state index is 14.3. The van der Waals surface area contributed by atoms with Gasteiger partial charge in [-0.3, -0.25) is 4.90 Å². The summed E-state index contributed by atoms with van der Waals surface area (Å²) in [5.74, 6) is 0.167. The first-order chi connectivity index (χ1) is 10.7. The van der Waals surface area contributed by atoms with Crippen molar-refractivity contribution in [1.29, 1.82) is 0 Å². The molecule has 3 heterocycles. The molecule has 22 heavy (non-hydrogen) atoms. The quantitative estimate of drug-likeness (QED) is 0.866. The molecule has 0 radical (unpaired) electrons. The summed E-state index contributed by atoms with van der Waals surface area (Å²) in [5.41, 5.74) is 0.489. The summed E-state index contributed by atoms with van der Waals surface area (Å²) in [5, 5.41) is 3.14. The molecule has 0 amide bonds. The molecule has 2 aromatic rings. The summed E-state index contributed by atoms with van der Waals surface area (Å²) in [7, 11) is 0. The summed E-state index contributed by atoms with van der Waals surface area (Å²) < 4.78 is 14.3. The van der Waals surface area contributed by atoms with E-state index in [1.54, 1.807) is 11.3 Å². The Bertz CT molecular complexity index is 610. The molecule has 1 fully saturated rings. The van der Waals surface area contributed by atoms with Gasteiger partial charge in [0.15, 0.2) is 11.6 Å². The standard InChI is InChI=1S/C15H20FN5S/c1-3-12-13(16)14(19-10-18-12)21-7-5-20(6-8-21)11(2)15-17-4-9-22-15/h4,9-11H,3,5-8H2,1-2H3. The molecule has 1 atom stereocenters. The number of nitrogens with zero attached hydrogens (tertiary/aromatic N) is 5. The number of piperazine rings is 1. The molecular formula is C15H20FN5S. The number of anilines is 1. The Labute approximate surface area is 133 Å². The first-order valence-electron chi connectivity index (χ1n) is 7.58. The Morgan fingerprint density at radius 3 is 2.64 bits per heavy atom. The normalized spacial score (nSPS) is 17.7. The molecule has 0 spiro atoms. The van der Waals surface area contributed by atoms with Gasteiger partial charge in [0.2, 0.25) is 0 Å². The third-order valence-corrected chi connectivity index (χ3v) is 5.09. The lowest BCUT2D eigenvalue weighted by Gasteiger charge is -2.38. The van der Waals surface area contributed by atoms with Crippen LogP contribution in [-0.2, 0) is 6.42 Å². The maximum Gasteiger partial charge on any atom is 0.187 e. The van der Waals surface area contributed by atoms with E-state index in [0.29, 0.717) is 24.0 Å². The summed E-state index contributed by atoms with van der Waals surface area (Å²) >= 11 is 1.68. The Balaban J connectivity index is 1.67. The molecule has 0 saturated carbocycles. The number of aromatic nitrogens is 3. The lowest BCUT2D eigenvalue weighted by atomic mass is 10.2. The molecule has 1 unspecified atom stereocenters. The van der Waals surface area contributed by atoms with Crippen molar-refractivity contribution in [1.82, 2.24) is 19.9 Å². The first-order valence-corrected chi connectivity index (χ1v) is 8.46. The molecular weight excluding hydrogens is 301 g/mol. The van der Waals surface area contributed by atoms with Crippen LogP contribution in [0.4, 0.5) is 10.2 Å². The fourth-order valence-electron chi connectivity index (χ4n) is 2.78. The van der Waals surface area contributed by atoms with E-state index >= 15 is 0 Å². The second-order valence-electron chi connectivity index (χ2n) is 5.38. The maximum atomic E-state index is 14.3. The summed E-state index contributed by atoms with van der Waals surface area (Å²) in [6.45, 7) is 7.38. The van der Waals surface area contributed by atoms with Crippen molar-refractivity contribution in [2.45, 2.75) is 26.3 Å². The molecule has 0 aromatic carbocycles. The van der Waals surface area contributed by atoms with Gasteiger partial charge in [-0.25, -0.2) is 19.3 Å². The van der Waals surface area contributed by atoms with Crippen LogP contribution in [0.5, 0.6) is 0 Å². The highest BCUT2D eigenvalue weighted by Crippen LogP contribution is 2.25. The Hall–Kier alpha value is -1.60. The van der Waals surface area contributed by atoms with E-state index in [2.05, 4.69) is 26.8 Å². The van der Waals surface area contributed by atoms with Gasteiger partial charge in [-0.05, 0) is 13.3 Å². The van der Waals surface area contributed by atoms with E-state index in [0.717, 1.165) is 31.2 Å². The van der Waals surface area contributed by atoms with E-state index < -0.39 is 0 Å². The molecule has 5 nitrogen and oxygen atoms in total. The molecule has 0 aliphatic carbocycles. The van der Waals surface area contributed by atoms with Gasteiger partial charge in [0.05, 0.1) is 11.7 Å². The second-order valence-corrected chi connectivity index (χ2v) is 6.31. The van der Waals surface area contributed by atoms with Crippen molar-refractivity contribution >= 4 is 17.2 Å². The molecule has 1 aliphatic heterocycles. The Kier molecular flexibility index (Phi) is 4.63. The molecule has 2 aromatic heterocycles. The summed E-state index contributed by atoms with van der Waals surface area (Å²) in [6, 6.07) is 0.309. The van der Waals surface area contributed by atoms with Crippen LogP contribution in [0.2, 0.25) is 0 Å². The highest BCUT2D eigenvalue weighted by atomic mass is 32.1. The van der Waals surface area contributed by atoms with Crippen LogP contribution in [0.3, 0.4) is 0 Å². The fraction of sp³-hybridized carbons (Fsp3) is 0.533. The van der Waals surface area contributed by atoms with Crippen molar-refractivity contribution in [3.8, 4) is 0 Å². The van der Waals surface area contributed by atoms with Gasteiger partial charge in [0.1, 0.15) is 11.3 Å². The van der Waals surface area contributed by atoms with Gasteiger partial charge >= 0.3 is 0 Å². The van der Waals surface area contributed by atoms with Crippen molar-refractivity contribution in [3.63, 3.8) is 0 Å². The molecule has 1 aliphatic rings. The van der Waals surface area contributed by atoms with Gasteiger partial charge in [-0.15, -0.1) is 11.3 Å². The van der Waals surface area contributed by atoms with Gasteiger partial charge in [-0.1, -0.05) is 6.92 Å². The lowest BCUT2D eigenvalue weighted by molar-refractivity contribution is 0.197. The predicted molar refractivity (Wildman–Crippen MR) is 85.7 cm³/mol. The number of hydrogen-bond acceptors (Lipinski definition) is 6. The number of hydrogen-bond donors (Lipinski definition) is 0. The van der Waals surface area contributed by atoms with Crippen LogP contribution in [0, 0.1) is 5.82 Å². The zero-order valence-corrected chi connectivity index (χ0v) is 13.7.